The molecule has 2 aromatic carbocycles. The number of hydrogen-bond acceptors (Lipinski definition) is 5. The average Bonchev–Trinajstić information content (AvgIpc) is 2.97. The van der Waals surface area contributed by atoms with Crippen molar-refractivity contribution < 1.29 is 14.3 Å². The molecule has 2 amide bonds. The summed E-state index contributed by atoms with van der Waals surface area (Å²) in [6, 6.07) is 14.8. The number of benzene rings is 2. The lowest BCUT2D eigenvalue weighted by Gasteiger charge is -2.23. The van der Waals surface area contributed by atoms with Crippen molar-refractivity contribution in [3.63, 3.8) is 0 Å². The van der Waals surface area contributed by atoms with Crippen LogP contribution in [0.5, 0.6) is 5.75 Å². The van der Waals surface area contributed by atoms with Crippen LogP contribution in [0.1, 0.15) is 12.0 Å². The standard InChI is InChI=1S/C20H22N2O3S/c1-21(13-14-4-10-17(26-3)11-5-14)18-12-19(23)22(20(18)24)15-6-8-16(25-2)9-7-15/h4-11,18H,12-13H2,1-3H3/t18-/m1/s1. The number of nitrogens with zero attached hydrogens (tertiary/aromatic N) is 2. The number of rotatable bonds is 6. The Morgan fingerprint density at radius 3 is 2.35 bits per heavy atom. The third-order valence-corrected chi connectivity index (χ3v) is 5.32. The van der Waals surface area contributed by atoms with E-state index in [4.69, 9.17) is 4.74 Å². The lowest BCUT2D eigenvalue weighted by atomic mass is 10.1. The van der Waals surface area contributed by atoms with Gasteiger partial charge in [0, 0.05) is 11.4 Å². The van der Waals surface area contributed by atoms with Gasteiger partial charge >= 0.3 is 0 Å². The molecule has 1 aliphatic heterocycles. The predicted molar refractivity (Wildman–Crippen MR) is 104 cm³/mol. The van der Waals surface area contributed by atoms with Gasteiger partial charge in [-0.3, -0.25) is 14.5 Å². The minimum absolute atomic E-state index is 0.172. The molecule has 0 unspecified atom stereocenters. The summed E-state index contributed by atoms with van der Waals surface area (Å²) in [6.45, 7) is 0.620. The number of carbonyl (C=O) groups excluding carboxylic acids is 2. The Bertz CT molecular complexity index is 790. The van der Waals surface area contributed by atoms with Crippen molar-refractivity contribution in [2.45, 2.75) is 23.9 Å². The number of anilines is 1. The van der Waals surface area contributed by atoms with Crippen LogP contribution in [-0.2, 0) is 16.1 Å². The van der Waals surface area contributed by atoms with Gasteiger partial charge in [0.1, 0.15) is 5.75 Å². The van der Waals surface area contributed by atoms with E-state index in [0.717, 1.165) is 5.56 Å². The minimum atomic E-state index is -0.440. The van der Waals surface area contributed by atoms with Gasteiger partial charge in [-0.2, -0.15) is 0 Å². The number of thioether (sulfide) groups is 1. The third-order valence-electron chi connectivity index (χ3n) is 4.58. The molecule has 1 aliphatic rings. The highest BCUT2D eigenvalue weighted by Gasteiger charge is 2.41. The Balaban J connectivity index is 1.72. The van der Waals surface area contributed by atoms with E-state index in [0.29, 0.717) is 18.0 Å². The zero-order valence-electron chi connectivity index (χ0n) is 15.1. The molecule has 0 aliphatic carbocycles. The van der Waals surface area contributed by atoms with Crippen molar-refractivity contribution >= 4 is 29.3 Å². The Hall–Kier alpha value is -2.31. The summed E-state index contributed by atoms with van der Waals surface area (Å²) in [4.78, 5) is 29.7. The zero-order chi connectivity index (χ0) is 18.7. The predicted octanol–water partition coefficient (Wildman–Crippen LogP) is 3.18. The molecule has 1 saturated heterocycles. The lowest BCUT2D eigenvalue weighted by Crippen LogP contribution is -2.39. The highest BCUT2D eigenvalue weighted by Crippen LogP contribution is 2.27. The second kappa shape index (κ2) is 7.93. The Labute approximate surface area is 157 Å². The van der Waals surface area contributed by atoms with E-state index in [1.165, 1.54) is 9.80 Å². The molecule has 0 spiro atoms. The molecule has 136 valence electrons. The average molecular weight is 370 g/mol. The first kappa shape index (κ1) is 18.5. The maximum Gasteiger partial charge on any atom is 0.251 e. The summed E-state index contributed by atoms with van der Waals surface area (Å²) in [6.07, 6.45) is 2.24. The van der Waals surface area contributed by atoms with Gasteiger partial charge in [0.25, 0.3) is 5.91 Å². The zero-order valence-corrected chi connectivity index (χ0v) is 16.0. The van der Waals surface area contributed by atoms with Gasteiger partial charge in [0.2, 0.25) is 5.91 Å². The number of carbonyl (C=O) groups is 2. The van der Waals surface area contributed by atoms with Crippen LogP contribution in [0.3, 0.4) is 0 Å². The monoisotopic (exact) mass is 370 g/mol. The van der Waals surface area contributed by atoms with Crippen LogP contribution in [0.2, 0.25) is 0 Å². The van der Waals surface area contributed by atoms with Crippen LogP contribution in [0.15, 0.2) is 53.4 Å². The molecule has 0 radical (unpaired) electrons. The molecule has 1 heterocycles. The summed E-state index contributed by atoms with van der Waals surface area (Å²) in [5.41, 5.74) is 1.70. The second-order valence-electron chi connectivity index (χ2n) is 6.25. The van der Waals surface area contributed by atoms with Crippen molar-refractivity contribution in [1.29, 1.82) is 0 Å². The van der Waals surface area contributed by atoms with Crippen LogP contribution in [0, 0.1) is 0 Å². The minimum Gasteiger partial charge on any atom is -0.497 e. The molecule has 0 bridgehead atoms. The van der Waals surface area contributed by atoms with Crippen LogP contribution < -0.4 is 9.64 Å². The van der Waals surface area contributed by atoms with E-state index in [9.17, 15) is 9.59 Å². The van der Waals surface area contributed by atoms with Crippen LogP contribution >= 0.6 is 11.8 Å². The van der Waals surface area contributed by atoms with Gasteiger partial charge in [-0.1, -0.05) is 12.1 Å². The number of imide groups is 1. The highest BCUT2D eigenvalue weighted by atomic mass is 32.2. The van der Waals surface area contributed by atoms with E-state index < -0.39 is 6.04 Å². The van der Waals surface area contributed by atoms with E-state index >= 15 is 0 Å². The van der Waals surface area contributed by atoms with E-state index in [1.54, 1.807) is 43.1 Å². The molecule has 3 rings (SSSR count). The summed E-state index contributed by atoms with van der Waals surface area (Å²) in [5.74, 6) is 0.341. The van der Waals surface area contributed by atoms with Gasteiger partial charge in [-0.15, -0.1) is 11.8 Å². The Morgan fingerprint density at radius 1 is 1.12 bits per heavy atom. The van der Waals surface area contributed by atoms with Gasteiger partial charge in [-0.25, -0.2) is 4.90 Å². The van der Waals surface area contributed by atoms with Crippen molar-refractivity contribution in [1.82, 2.24) is 4.90 Å². The molecule has 26 heavy (non-hydrogen) atoms. The molecule has 0 aromatic heterocycles. The summed E-state index contributed by atoms with van der Waals surface area (Å²) in [7, 11) is 3.47. The van der Waals surface area contributed by atoms with Gasteiger partial charge < -0.3 is 4.74 Å². The summed E-state index contributed by atoms with van der Waals surface area (Å²) >= 11 is 1.69. The van der Waals surface area contributed by atoms with Gasteiger partial charge in [0.15, 0.2) is 0 Å². The fourth-order valence-electron chi connectivity index (χ4n) is 3.09. The maximum atomic E-state index is 12.8. The quantitative estimate of drug-likeness (QED) is 0.577. The largest absolute Gasteiger partial charge is 0.497 e. The normalized spacial score (nSPS) is 17.2. The summed E-state index contributed by atoms with van der Waals surface area (Å²) < 4.78 is 5.13. The molecule has 0 saturated carbocycles. The number of likely N-dealkylation sites (N-methyl/N-ethyl adjacent to an activating group) is 1. The molecular formula is C20H22N2O3S. The molecule has 5 nitrogen and oxygen atoms in total. The first-order chi connectivity index (χ1) is 12.5. The van der Waals surface area contributed by atoms with Crippen molar-refractivity contribution in [3.8, 4) is 5.75 Å². The molecule has 2 aromatic rings. The first-order valence-electron chi connectivity index (χ1n) is 8.37. The fraction of sp³-hybridized carbons (Fsp3) is 0.300. The Morgan fingerprint density at radius 2 is 1.77 bits per heavy atom. The van der Waals surface area contributed by atoms with E-state index in [-0.39, 0.29) is 18.2 Å². The second-order valence-corrected chi connectivity index (χ2v) is 7.13. The van der Waals surface area contributed by atoms with E-state index in [1.807, 2.05) is 18.2 Å². The smallest absolute Gasteiger partial charge is 0.251 e. The molecule has 1 fully saturated rings. The maximum absolute atomic E-state index is 12.8. The fourth-order valence-corrected chi connectivity index (χ4v) is 3.50. The van der Waals surface area contributed by atoms with Crippen molar-refractivity contribution in [3.05, 3.63) is 54.1 Å². The van der Waals surface area contributed by atoms with Gasteiger partial charge in [-0.05, 0) is 55.3 Å². The number of hydrogen-bond donors (Lipinski definition) is 0. The third kappa shape index (κ3) is 3.76. The van der Waals surface area contributed by atoms with Crippen molar-refractivity contribution in [2.24, 2.45) is 0 Å². The van der Waals surface area contributed by atoms with Crippen LogP contribution in [0.25, 0.3) is 0 Å². The number of methoxy groups -OCH3 is 1. The van der Waals surface area contributed by atoms with Gasteiger partial charge in [0.05, 0.1) is 25.3 Å². The molecular weight excluding hydrogens is 348 g/mol. The lowest BCUT2D eigenvalue weighted by molar-refractivity contribution is -0.122. The molecule has 6 heteroatoms. The van der Waals surface area contributed by atoms with E-state index in [2.05, 4.69) is 24.3 Å². The molecule has 0 N–H and O–H groups in total. The van der Waals surface area contributed by atoms with Crippen molar-refractivity contribution in [2.75, 3.05) is 25.3 Å². The van der Waals surface area contributed by atoms with Crippen LogP contribution in [0.4, 0.5) is 5.69 Å². The SMILES string of the molecule is COc1ccc(N2C(=O)C[C@@H](N(C)Cc3ccc(SC)cc3)C2=O)cc1. The topological polar surface area (TPSA) is 49.9 Å². The first-order valence-corrected chi connectivity index (χ1v) is 9.60. The van der Waals surface area contributed by atoms with Crippen LogP contribution in [-0.4, -0.2) is 43.2 Å². The number of ether oxygens (including phenoxy) is 1. The highest BCUT2D eigenvalue weighted by molar-refractivity contribution is 7.98. The summed E-state index contributed by atoms with van der Waals surface area (Å²) in [5, 5.41) is 0. The molecule has 1 atom stereocenters. The number of amides is 2. The Kier molecular flexibility index (Phi) is 5.64.